The van der Waals surface area contributed by atoms with Gasteiger partial charge >= 0.3 is 6.03 Å². The van der Waals surface area contributed by atoms with Gasteiger partial charge in [0.05, 0.1) is 16.3 Å². The van der Waals surface area contributed by atoms with Gasteiger partial charge in [0, 0.05) is 11.3 Å². The molecule has 5 aromatic rings. The summed E-state index contributed by atoms with van der Waals surface area (Å²) >= 11 is 1.33. The normalized spacial score (nSPS) is 10.1. The number of hydrazine groups is 1. The molecule has 0 atom stereocenters. The highest BCUT2D eigenvalue weighted by Crippen LogP contribution is 2.24. The number of para-hydroxylation sites is 2. The molecule has 0 aliphatic carbocycles. The van der Waals surface area contributed by atoms with Crippen molar-refractivity contribution in [3.05, 3.63) is 129 Å². The highest BCUT2D eigenvalue weighted by molar-refractivity contribution is 7.12. The van der Waals surface area contributed by atoms with Gasteiger partial charge in [-0.05, 0) is 35.7 Å². The van der Waals surface area contributed by atoms with Crippen LogP contribution in [0.25, 0.3) is 16.9 Å². The van der Waals surface area contributed by atoms with E-state index in [9.17, 15) is 14.4 Å². The van der Waals surface area contributed by atoms with Gasteiger partial charge in [-0.1, -0.05) is 72.8 Å². The van der Waals surface area contributed by atoms with Crippen LogP contribution in [-0.2, 0) is 0 Å². The van der Waals surface area contributed by atoms with Crippen molar-refractivity contribution >= 4 is 28.8 Å². The van der Waals surface area contributed by atoms with E-state index in [1.54, 1.807) is 18.2 Å². The first kappa shape index (κ1) is 24.4. The number of urea groups is 1. The Morgan fingerprint density at radius 2 is 1.42 bits per heavy atom. The number of nitrogens with one attached hydrogen (secondary N) is 3. The fourth-order valence-corrected chi connectivity index (χ4v) is 4.11. The quantitative estimate of drug-likeness (QED) is 0.120. The van der Waals surface area contributed by atoms with Crippen molar-refractivity contribution in [2.75, 3.05) is 5.32 Å². The van der Waals surface area contributed by atoms with Crippen LogP contribution in [0.4, 0.5) is 10.5 Å². The molecular weight excluding hydrogens is 474 g/mol. The Morgan fingerprint density at radius 3 is 2.00 bits per heavy atom. The SMILES string of the molecule is NNC(=O)Nc1ccccc1.O=C(c1cccs1)c1c(-c2ccccc2)[nH]n(-c2ccccc2)c1=O. The molecule has 0 spiro atoms. The van der Waals surface area contributed by atoms with E-state index in [2.05, 4.69) is 10.4 Å². The third-order valence-corrected chi connectivity index (χ3v) is 5.97. The summed E-state index contributed by atoms with van der Waals surface area (Å²) < 4.78 is 1.42. The van der Waals surface area contributed by atoms with E-state index >= 15 is 0 Å². The fraction of sp³-hybridized carbons (Fsp3) is 0. The maximum absolute atomic E-state index is 13.0. The highest BCUT2D eigenvalue weighted by Gasteiger charge is 2.24. The number of rotatable bonds is 5. The van der Waals surface area contributed by atoms with Gasteiger partial charge in [0.2, 0.25) is 5.78 Å². The van der Waals surface area contributed by atoms with Gasteiger partial charge in [0.1, 0.15) is 5.56 Å². The zero-order valence-corrected chi connectivity index (χ0v) is 19.9. The minimum absolute atomic E-state index is 0.164. The predicted octanol–water partition coefficient (Wildman–Crippen LogP) is 4.81. The van der Waals surface area contributed by atoms with Crippen LogP contribution >= 0.6 is 11.3 Å². The molecule has 0 fully saturated rings. The van der Waals surface area contributed by atoms with Crippen molar-refractivity contribution < 1.29 is 9.59 Å². The van der Waals surface area contributed by atoms with Crippen molar-refractivity contribution in [3.63, 3.8) is 0 Å². The number of H-pyrrole nitrogens is 1. The lowest BCUT2D eigenvalue weighted by atomic mass is 10.0. The van der Waals surface area contributed by atoms with Crippen molar-refractivity contribution in [1.29, 1.82) is 0 Å². The summed E-state index contributed by atoms with van der Waals surface area (Å²) in [5, 5.41) is 7.46. The summed E-state index contributed by atoms with van der Waals surface area (Å²) in [5.41, 5.74) is 4.53. The minimum atomic E-state index is -0.420. The highest BCUT2D eigenvalue weighted by atomic mass is 32.1. The predicted molar refractivity (Wildman–Crippen MR) is 142 cm³/mol. The molecule has 0 bridgehead atoms. The number of hydrogen-bond acceptors (Lipinski definition) is 5. The minimum Gasteiger partial charge on any atom is -0.307 e. The summed E-state index contributed by atoms with van der Waals surface area (Å²) in [6.07, 6.45) is 0. The molecular formula is C27H23N5O3S. The van der Waals surface area contributed by atoms with E-state index in [1.165, 1.54) is 16.0 Å². The Morgan fingerprint density at radius 1 is 0.806 bits per heavy atom. The van der Waals surface area contributed by atoms with Crippen molar-refractivity contribution in [2.24, 2.45) is 5.84 Å². The lowest BCUT2D eigenvalue weighted by Gasteiger charge is -2.02. The van der Waals surface area contributed by atoms with Gasteiger partial charge in [-0.25, -0.2) is 15.3 Å². The zero-order valence-electron chi connectivity index (χ0n) is 19.0. The van der Waals surface area contributed by atoms with Gasteiger partial charge in [0.15, 0.2) is 0 Å². The van der Waals surface area contributed by atoms with Gasteiger partial charge in [-0.15, -0.1) is 11.3 Å². The zero-order chi connectivity index (χ0) is 25.3. The Hall–Kier alpha value is -4.73. The van der Waals surface area contributed by atoms with Crippen LogP contribution in [0.3, 0.4) is 0 Å². The maximum atomic E-state index is 13.0. The number of nitrogens with two attached hydrogens (primary N) is 1. The average Bonchev–Trinajstić information content (AvgIpc) is 3.59. The first-order chi connectivity index (χ1) is 17.6. The second-order valence-electron chi connectivity index (χ2n) is 7.47. The second-order valence-corrected chi connectivity index (χ2v) is 8.42. The smallest absolute Gasteiger partial charge is 0.307 e. The topological polar surface area (TPSA) is 122 Å². The summed E-state index contributed by atoms with van der Waals surface area (Å²) in [4.78, 5) is 37.1. The number of carbonyl (C=O) groups excluding carboxylic acids is 2. The largest absolute Gasteiger partial charge is 0.333 e. The van der Waals surface area contributed by atoms with Crippen LogP contribution in [0, 0.1) is 0 Å². The number of nitrogens with zero attached hydrogens (tertiary/aromatic N) is 1. The molecule has 0 unspecified atom stereocenters. The van der Waals surface area contributed by atoms with Crippen molar-refractivity contribution in [3.8, 4) is 16.9 Å². The number of aromatic amines is 1. The molecule has 5 N–H and O–H groups in total. The van der Waals surface area contributed by atoms with Gasteiger partial charge in [-0.3, -0.25) is 20.1 Å². The second kappa shape index (κ2) is 11.6. The third kappa shape index (κ3) is 5.66. The Labute approximate surface area is 211 Å². The molecule has 9 heteroatoms. The van der Waals surface area contributed by atoms with Crippen LogP contribution < -0.4 is 22.1 Å². The summed E-state index contributed by atoms with van der Waals surface area (Å²) in [5.74, 6) is 4.60. The molecule has 0 aliphatic heterocycles. The van der Waals surface area contributed by atoms with E-state index in [-0.39, 0.29) is 16.9 Å². The summed E-state index contributed by atoms with van der Waals surface area (Å²) in [6, 6.07) is 30.9. The number of carbonyl (C=O) groups is 2. The summed E-state index contributed by atoms with van der Waals surface area (Å²) in [7, 11) is 0. The molecule has 0 radical (unpaired) electrons. The van der Waals surface area contributed by atoms with Gasteiger partial charge in [-0.2, -0.15) is 0 Å². The van der Waals surface area contributed by atoms with E-state index in [0.717, 1.165) is 11.3 Å². The molecule has 0 aliphatic rings. The van der Waals surface area contributed by atoms with E-state index in [0.29, 0.717) is 16.3 Å². The molecule has 2 aromatic heterocycles. The number of benzene rings is 3. The van der Waals surface area contributed by atoms with E-state index in [1.807, 2.05) is 95.7 Å². The molecule has 2 heterocycles. The van der Waals surface area contributed by atoms with Gasteiger partial charge < -0.3 is 5.32 Å². The Bertz CT molecular complexity index is 1480. The lowest BCUT2D eigenvalue weighted by molar-refractivity contribution is 0.104. The van der Waals surface area contributed by atoms with Crippen LogP contribution in [0.1, 0.15) is 15.2 Å². The number of hydrogen-bond donors (Lipinski definition) is 4. The van der Waals surface area contributed by atoms with Crippen LogP contribution in [0.2, 0.25) is 0 Å². The maximum Gasteiger partial charge on any atom is 0.333 e. The molecule has 8 nitrogen and oxygen atoms in total. The number of aromatic nitrogens is 2. The number of amides is 2. The van der Waals surface area contributed by atoms with E-state index < -0.39 is 6.03 Å². The molecule has 5 rings (SSSR count). The standard InChI is InChI=1S/C20H14N2O2S.C7H9N3O/c23-19(16-12-7-13-25-16)17-18(14-8-3-1-4-9-14)21-22(20(17)24)15-10-5-2-6-11-15;8-10-7(11)9-6-4-2-1-3-5-6/h1-13,21H;1-5H,8H2,(H2,9,10,11). The molecule has 180 valence electrons. The first-order valence-corrected chi connectivity index (χ1v) is 11.8. The van der Waals surface area contributed by atoms with E-state index in [4.69, 9.17) is 5.84 Å². The molecule has 2 amide bonds. The Balaban J connectivity index is 0.000000233. The molecule has 0 saturated carbocycles. The van der Waals surface area contributed by atoms with Crippen LogP contribution in [-0.4, -0.2) is 21.6 Å². The lowest BCUT2D eigenvalue weighted by Crippen LogP contribution is -2.34. The number of ketones is 1. The monoisotopic (exact) mass is 497 g/mol. The number of anilines is 1. The van der Waals surface area contributed by atoms with Crippen molar-refractivity contribution in [2.45, 2.75) is 0 Å². The fourth-order valence-electron chi connectivity index (χ4n) is 3.44. The van der Waals surface area contributed by atoms with Crippen LogP contribution in [0.5, 0.6) is 0 Å². The molecule has 0 saturated heterocycles. The summed E-state index contributed by atoms with van der Waals surface area (Å²) in [6.45, 7) is 0. The molecule has 36 heavy (non-hydrogen) atoms. The molecule has 3 aromatic carbocycles. The number of thiophene rings is 1. The first-order valence-electron chi connectivity index (χ1n) is 10.9. The van der Waals surface area contributed by atoms with Crippen LogP contribution in [0.15, 0.2) is 113 Å². The Kier molecular flexibility index (Phi) is 7.87. The van der Waals surface area contributed by atoms with Crippen molar-refractivity contribution in [1.82, 2.24) is 15.2 Å². The third-order valence-electron chi connectivity index (χ3n) is 5.10. The van der Waals surface area contributed by atoms with Gasteiger partial charge in [0.25, 0.3) is 5.56 Å². The average molecular weight is 498 g/mol.